The van der Waals surface area contributed by atoms with Crippen LogP contribution in [0.4, 0.5) is 5.69 Å². The zero-order valence-electron chi connectivity index (χ0n) is 20.4. The molecule has 0 saturated carbocycles. The van der Waals surface area contributed by atoms with Crippen molar-refractivity contribution in [3.05, 3.63) is 113 Å². The van der Waals surface area contributed by atoms with Crippen molar-refractivity contribution in [3.63, 3.8) is 0 Å². The fourth-order valence-electron chi connectivity index (χ4n) is 4.63. The largest absolute Gasteiger partial charge is 0.478 e. The van der Waals surface area contributed by atoms with Crippen molar-refractivity contribution in [2.75, 3.05) is 5.32 Å². The summed E-state index contributed by atoms with van der Waals surface area (Å²) in [6.07, 6.45) is 0.974. The summed E-state index contributed by atoms with van der Waals surface area (Å²) in [5.41, 5.74) is 3.51. The molecule has 36 heavy (non-hydrogen) atoms. The van der Waals surface area contributed by atoms with Crippen LogP contribution in [-0.2, 0) is 11.2 Å². The molecule has 0 spiro atoms. The molecule has 0 saturated heterocycles. The van der Waals surface area contributed by atoms with Gasteiger partial charge in [-0.2, -0.15) is 5.26 Å². The number of nitrogens with zero attached hydrogens (tertiary/aromatic N) is 1. The van der Waals surface area contributed by atoms with Crippen LogP contribution in [0.25, 0.3) is 10.8 Å². The molecule has 1 atom stereocenters. The van der Waals surface area contributed by atoms with E-state index < -0.39 is 5.97 Å². The highest BCUT2D eigenvalue weighted by molar-refractivity contribution is 6.00. The predicted octanol–water partition coefficient (Wildman–Crippen LogP) is 6.77. The molecule has 1 unspecified atom stereocenters. The highest BCUT2D eigenvalue weighted by atomic mass is 16.4. The quantitative estimate of drug-likeness (QED) is 0.294. The number of benzene rings is 4. The van der Waals surface area contributed by atoms with Gasteiger partial charge < -0.3 is 10.4 Å². The normalized spacial score (nSPS) is 11.7. The number of nitriles is 1. The maximum absolute atomic E-state index is 13.8. The second-order valence-electron chi connectivity index (χ2n) is 9.36. The van der Waals surface area contributed by atoms with Crippen LogP contribution in [0.2, 0.25) is 0 Å². The lowest BCUT2D eigenvalue weighted by molar-refractivity contribution is -0.117. The molecule has 2 N–H and O–H groups in total. The van der Waals surface area contributed by atoms with Crippen molar-refractivity contribution in [2.45, 2.75) is 32.6 Å². The van der Waals surface area contributed by atoms with E-state index in [1.54, 1.807) is 42.5 Å². The van der Waals surface area contributed by atoms with Crippen LogP contribution < -0.4 is 5.32 Å². The Labute approximate surface area is 211 Å². The summed E-state index contributed by atoms with van der Waals surface area (Å²) in [6, 6.07) is 28.1. The molecule has 4 aromatic carbocycles. The van der Waals surface area contributed by atoms with Crippen molar-refractivity contribution >= 4 is 28.3 Å². The minimum absolute atomic E-state index is 0.150. The summed E-state index contributed by atoms with van der Waals surface area (Å²) < 4.78 is 0. The number of hydrogen-bond donors (Lipinski definition) is 2. The molecule has 0 bridgehead atoms. The first kappa shape index (κ1) is 24.7. The maximum atomic E-state index is 13.8. The zero-order chi connectivity index (χ0) is 25.7. The van der Waals surface area contributed by atoms with Gasteiger partial charge in [-0.3, -0.25) is 4.79 Å². The second-order valence-corrected chi connectivity index (χ2v) is 9.36. The standard InChI is InChI=1S/C31H28N2O3/c1-20(2)16-28(27-13-7-10-22-8-3-5-11-25(22)27)30(34)33-29-17-21(19-32)14-15-24(29)18-23-9-4-6-12-26(23)31(35)36/h3-15,17,20,28H,16,18H2,1-2H3,(H,33,34)(H,35,36). The molecule has 0 fully saturated rings. The number of aromatic carboxylic acids is 1. The maximum Gasteiger partial charge on any atom is 0.335 e. The fraction of sp³-hybridized carbons (Fsp3) is 0.194. The molecule has 5 heteroatoms. The van der Waals surface area contributed by atoms with E-state index in [-0.39, 0.29) is 23.3 Å². The van der Waals surface area contributed by atoms with Crippen LogP contribution in [-0.4, -0.2) is 17.0 Å². The number of carbonyl (C=O) groups excluding carboxylic acids is 1. The molecule has 0 aromatic heterocycles. The molecular weight excluding hydrogens is 448 g/mol. The molecule has 1 amide bonds. The summed E-state index contributed by atoms with van der Waals surface area (Å²) >= 11 is 0. The highest BCUT2D eigenvalue weighted by Gasteiger charge is 2.25. The van der Waals surface area contributed by atoms with Crippen LogP contribution in [0.3, 0.4) is 0 Å². The van der Waals surface area contributed by atoms with E-state index in [4.69, 9.17) is 0 Å². The molecule has 0 radical (unpaired) electrons. The van der Waals surface area contributed by atoms with Crippen molar-refractivity contribution in [1.82, 2.24) is 0 Å². The number of carbonyl (C=O) groups is 2. The molecule has 5 nitrogen and oxygen atoms in total. The molecule has 4 aromatic rings. The lowest BCUT2D eigenvalue weighted by atomic mass is 9.86. The third-order valence-corrected chi connectivity index (χ3v) is 6.35. The third-order valence-electron chi connectivity index (χ3n) is 6.35. The van der Waals surface area contributed by atoms with Gasteiger partial charge in [-0.1, -0.05) is 80.6 Å². The van der Waals surface area contributed by atoms with Gasteiger partial charge in [0.1, 0.15) is 0 Å². The summed E-state index contributed by atoms with van der Waals surface area (Å²) in [5.74, 6) is -1.26. The fourth-order valence-corrected chi connectivity index (χ4v) is 4.63. The van der Waals surface area contributed by atoms with Gasteiger partial charge in [-0.25, -0.2) is 4.79 Å². The van der Waals surface area contributed by atoms with Gasteiger partial charge in [0.15, 0.2) is 0 Å². The summed E-state index contributed by atoms with van der Waals surface area (Å²) in [5, 5.41) is 24.3. The van der Waals surface area contributed by atoms with Gasteiger partial charge in [-0.15, -0.1) is 0 Å². The number of carboxylic acid groups (broad SMARTS) is 1. The lowest BCUT2D eigenvalue weighted by Crippen LogP contribution is -2.23. The Morgan fingerprint density at radius 1 is 0.917 bits per heavy atom. The molecule has 0 aliphatic carbocycles. The van der Waals surface area contributed by atoms with Crippen molar-refractivity contribution in [3.8, 4) is 6.07 Å². The van der Waals surface area contributed by atoms with E-state index in [0.29, 0.717) is 29.7 Å². The average molecular weight is 477 g/mol. The van der Waals surface area contributed by atoms with Gasteiger partial charge in [0, 0.05) is 12.1 Å². The number of fused-ring (bicyclic) bond motifs is 1. The van der Waals surface area contributed by atoms with E-state index in [1.807, 2.05) is 42.5 Å². The van der Waals surface area contributed by atoms with Gasteiger partial charge in [0.25, 0.3) is 0 Å². The highest BCUT2D eigenvalue weighted by Crippen LogP contribution is 2.32. The number of rotatable bonds is 8. The number of anilines is 1. The van der Waals surface area contributed by atoms with Crippen LogP contribution >= 0.6 is 0 Å². The Kier molecular flexibility index (Phi) is 7.46. The molecule has 0 aliphatic heterocycles. The Bertz CT molecular complexity index is 1460. The second kappa shape index (κ2) is 10.9. The Morgan fingerprint density at radius 3 is 2.39 bits per heavy atom. The van der Waals surface area contributed by atoms with Crippen LogP contribution in [0.1, 0.15) is 58.8 Å². The lowest BCUT2D eigenvalue weighted by Gasteiger charge is -2.22. The number of nitrogens with one attached hydrogen (secondary N) is 1. The molecule has 0 aliphatic rings. The molecule has 180 valence electrons. The van der Waals surface area contributed by atoms with E-state index in [0.717, 1.165) is 21.9 Å². The van der Waals surface area contributed by atoms with Crippen molar-refractivity contribution < 1.29 is 14.7 Å². The van der Waals surface area contributed by atoms with Gasteiger partial charge in [0.05, 0.1) is 23.1 Å². The van der Waals surface area contributed by atoms with Gasteiger partial charge in [-0.05, 0) is 58.0 Å². The van der Waals surface area contributed by atoms with E-state index in [2.05, 4.69) is 25.2 Å². The predicted molar refractivity (Wildman–Crippen MR) is 142 cm³/mol. The minimum Gasteiger partial charge on any atom is -0.478 e. The minimum atomic E-state index is -1.00. The summed E-state index contributed by atoms with van der Waals surface area (Å²) in [6.45, 7) is 4.19. The third kappa shape index (κ3) is 5.45. The van der Waals surface area contributed by atoms with Crippen LogP contribution in [0, 0.1) is 17.2 Å². The number of carboxylic acids is 1. The first-order valence-electron chi connectivity index (χ1n) is 12.0. The van der Waals surface area contributed by atoms with Gasteiger partial charge in [0.2, 0.25) is 5.91 Å². The van der Waals surface area contributed by atoms with E-state index in [9.17, 15) is 20.0 Å². The summed E-state index contributed by atoms with van der Waals surface area (Å²) in [4.78, 5) is 25.5. The molecular formula is C31H28N2O3. The average Bonchev–Trinajstić information content (AvgIpc) is 2.88. The van der Waals surface area contributed by atoms with Crippen LogP contribution in [0.5, 0.6) is 0 Å². The zero-order valence-corrected chi connectivity index (χ0v) is 20.4. The topological polar surface area (TPSA) is 90.2 Å². The first-order chi connectivity index (χ1) is 17.4. The SMILES string of the molecule is CC(C)CC(C(=O)Nc1cc(C#N)ccc1Cc1ccccc1C(=O)O)c1cccc2ccccc12. The smallest absolute Gasteiger partial charge is 0.335 e. The van der Waals surface area contributed by atoms with Crippen molar-refractivity contribution in [1.29, 1.82) is 5.26 Å². The molecule has 0 heterocycles. The first-order valence-corrected chi connectivity index (χ1v) is 12.0. The van der Waals surface area contributed by atoms with E-state index >= 15 is 0 Å². The van der Waals surface area contributed by atoms with Gasteiger partial charge >= 0.3 is 5.97 Å². The van der Waals surface area contributed by atoms with E-state index in [1.165, 1.54) is 0 Å². The monoisotopic (exact) mass is 476 g/mol. The number of hydrogen-bond acceptors (Lipinski definition) is 3. The van der Waals surface area contributed by atoms with Crippen molar-refractivity contribution in [2.24, 2.45) is 5.92 Å². The Morgan fingerprint density at radius 2 is 1.64 bits per heavy atom. The number of amides is 1. The Balaban J connectivity index is 1.73. The Hall–Kier alpha value is -4.43. The summed E-state index contributed by atoms with van der Waals surface area (Å²) in [7, 11) is 0. The van der Waals surface area contributed by atoms with Crippen LogP contribution in [0.15, 0.2) is 84.9 Å². The molecule has 4 rings (SSSR count).